The van der Waals surface area contributed by atoms with Crippen LogP contribution in [0.3, 0.4) is 0 Å². The smallest absolute Gasteiger partial charge is 0.275 e. The Bertz CT molecular complexity index is 378. The molecule has 0 aliphatic carbocycles. The van der Waals surface area contributed by atoms with Crippen molar-refractivity contribution in [1.82, 2.24) is 15.2 Å². The molecule has 0 saturated carbocycles. The van der Waals surface area contributed by atoms with Crippen molar-refractivity contribution >= 4 is 17.2 Å². The van der Waals surface area contributed by atoms with Crippen LogP contribution in [0.15, 0.2) is 11.4 Å². The highest BCUT2D eigenvalue weighted by atomic mass is 32.1. The van der Waals surface area contributed by atoms with E-state index in [2.05, 4.69) is 36.4 Å². The van der Waals surface area contributed by atoms with Crippen molar-refractivity contribution in [3.8, 4) is 0 Å². The minimum Gasteiger partial charge on any atom is -0.309 e. The lowest BCUT2D eigenvalue weighted by Gasteiger charge is -2.18. The molecule has 0 aliphatic heterocycles. The van der Waals surface area contributed by atoms with Crippen molar-refractivity contribution in [2.75, 3.05) is 34.2 Å². The maximum atomic E-state index is 11.5. The van der Waals surface area contributed by atoms with Gasteiger partial charge in [0.25, 0.3) is 5.91 Å². The zero-order chi connectivity index (χ0) is 13.5. The maximum Gasteiger partial charge on any atom is 0.275 e. The number of amides is 1. The second-order valence-corrected chi connectivity index (χ2v) is 5.56. The minimum atomic E-state index is -0.207. The second kappa shape index (κ2) is 7.48. The number of carbonyl (C=O) groups excluding carboxylic acids is 1. The SMILES string of the molecule is CN(C)CCCN(C)Cc1ccsc1C(=O)NN. The Morgan fingerprint density at radius 3 is 2.72 bits per heavy atom. The van der Waals surface area contributed by atoms with Gasteiger partial charge in [-0.2, -0.15) is 0 Å². The quantitative estimate of drug-likeness (QED) is 0.436. The largest absolute Gasteiger partial charge is 0.309 e. The molecule has 0 radical (unpaired) electrons. The molecule has 6 heteroatoms. The van der Waals surface area contributed by atoms with Crippen LogP contribution in [0.4, 0.5) is 0 Å². The number of hydrogen-bond donors (Lipinski definition) is 2. The maximum absolute atomic E-state index is 11.5. The summed E-state index contributed by atoms with van der Waals surface area (Å²) < 4.78 is 0. The van der Waals surface area contributed by atoms with Gasteiger partial charge in [0, 0.05) is 6.54 Å². The Hall–Kier alpha value is -0.950. The minimum absolute atomic E-state index is 0.207. The average molecular weight is 270 g/mol. The fourth-order valence-electron chi connectivity index (χ4n) is 1.75. The molecule has 3 N–H and O–H groups in total. The first-order valence-electron chi connectivity index (χ1n) is 5.95. The Balaban J connectivity index is 2.46. The molecule has 1 aromatic rings. The summed E-state index contributed by atoms with van der Waals surface area (Å²) in [6.45, 7) is 2.86. The second-order valence-electron chi connectivity index (χ2n) is 4.64. The molecule has 1 rings (SSSR count). The van der Waals surface area contributed by atoms with E-state index in [-0.39, 0.29) is 5.91 Å². The van der Waals surface area contributed by atoms with Gasteiger partial charge in [0.05, 0.1) is 4.88 Å². The van der Waals surface area contributed by atoms with Crippen LogP contribution in [0.2, 0.25) is 0 Å². The predicted octanol–water partition coefficient (Wildman–Crippen LogP) is 0.735. The lowest BCUT2D eigenvalue weighted by molar-refractivity contribution is 0.0956. The highest BCUT2D eigenvalue weighted by molar-refractivity contribution is 7.12. The van der Waals surface area contributed by atoms with E-state index in [1.54, 1.807) is 0 Å². The number of nitrogens with two attached hydrogens (primary N) is 1. The van der Waals surface area contributed by atoms with Crippen molar-refractivity contribution < 1.29 is 4.79 Å². The topological polar surface area (TPSA) is 61.6 Å². The standard InChI is InChI=1S/C12H22N4OS/c1-15(2)6-4-7-16(3)9-10-5-8-18-11(10)12(17)14-13/h5,8H,4,6-7,9,13H2,1-3H3,(H,14,17). The third-order valence-corrected chi connectivity index (χ3v) is 3.62. The number of hydrogen-bond acceptors (Lipinski definition) is 5. The summed E-state index contributed by atoms with van der Waals surface area (Å²) in [7, 11) is 6.21. The van der Waals surface area contributed by atoms with Gasteiger partial charge in [0.1, 0.15) is 0 Å². The van der Waals surface area contributed by atoms with Crippen LogP contribution in [0, 0.1) is 0 Å². The number of nitrogens with zero attached hydrogens (tertiary/aromatic N) is 2. The molecule has 0 aliphatic rings. The van der Waals surface area contributed by atoms with E-state index >= 15 is 0 Å². The summed E-state index contributed by atoms with van der Waals surface area (Å²) in [5.74, 6) is 4.96. The molecular formula is C12H22N4OS. The molecule has 0 atom stereocenters. The zero-order valence-corrected chi connectivity index (χ0v) is 12.1. The lowest BCUT2D eigenvalue weighted by atomic mass is 10.2. The Morgan fingerprint density at radius 1 is 1.39 bits per heavy atom. The molecular weight excluding hydrogens is 248 g/mol. The van der Waals surface area contributed by atoms with Gasteiger partial charge in [-0.15, -0.1) is 11.3 Å². The summed E-state index contributed by atoms with van der Waals surface area (Å²) in [6.07, 6.45) is 1.12. The summed E-state index contributed by atoms with van der Waals surface area (Å²) in [4.78, 5) is 16.6. The molecule has 0 aromatic carbocycles. The van der Waals surface area contributed by atoms with Gasteiger partial charge in [0.2, 0.25) is 0 Å². The summed E-state index contributed by atoms with van der Waals surface area (Å²) in [5.41, 5.74) is 3.22. The van der Waals surface area contributed by atoms with Crippen molar-refractivity contribution in [2.24, 2.45) is 5.84 Å². The number of nitrogens with one attached hydrogen (secondary N) is 1. The van der Waals surface area contributed by atoms with E-state index in [1.165, 1.54) is 11.3 Å². The van der Waals surface area contributed by atoms with Gasteiger partial charge < -0.3 is 9.80 Å². The first kappa shape index (κ1) is 15.1. The number of thiophene rings is 1. The molecule has 18 heavy (non-hydrogen) atoms. The van der Waals surface area contributed by atoms with Crippen LogP contribution in [0.1, 0.15) is 21.7 Å². The van der Waals surface area contributed by atoms with Crippen molar-refractivity contribution in [3.05, 3.63) is 21.9 Å². The molecule has 0 bridgehead atoms. The molecule has 0 saturated heterocycles. The summed E-state index contributed by atoms with van der Waals surface area (Å²) in [6, 6.07) is 1.98. The fourth-order valence-corrected chi connectivity index (χ4v) is 2.57. The molecule has 1 aromatic heterocycles. The Kier molecular flexibility index (Phi) is 6.28. The van der Waals surface area contributed by atoms with E-state index in [0.717, 1.165) is 31.6 Å². The highest BCUT2D eigenvalue weighted by Gasteiger charge is 2.13. The van der Waals surface area contributed by atoms with Gasteiger partial charge in [-0.25, -0.2) is 5.84 Å². The van der Waals surface area contributed by atoms with Gasteiger partial charge in [-0.1, -0.05) is 0 Å². The number of hydrazine groups is 1. The first-order valence-corrected chi connectivity index (χ1v) is 6.83. The molecule has 1 heterocycles. The van der Waals surface area contributed by atoms with Crippen LogP contribution in [-0.2, 0) is 6.54 Å². The summed E-state index contributed by atoms with van der Waals surface area (Å²) >= 11 is 1.43. The summed E-state index contributed by atoms with van der Waals surface area (Å²) in [5, 5.41) is 1.92. The van der Waals surface area contributed by atoms with E-state index < -0.39 is 0 Å². The monoisotopic (exact) mass is 270 g/mol. The van der Waals surface area contributed by atoms with E-state index in [1.807, 2.05) is 11.4 Å². The third kappa shape index (κ3) is 4.73. The normalized spacial score (nSPS) is 11.2. The van der Waals surface area contributed by atoms with Crippen LogP contribution in [0.5, 0.6) is 0 Å². The number of carbonyl (C=O) groups is 1. The molecule has 0 unspecified atom stereocenters. The first-order chi connectivity index (χ1) is 8.54. The Morgan fingerprint density at radius 2 is 2.11 bits per heavy atom. The van der Waals surface area contributed by atoms with Crippen molar-refractivity contribution in [2.45, 2.75) is 13.0 Å². The van der Waals surface area contributed by atoms with Crippen LogP contribution in [-0.4, -0.2) is 49.9 Å². The van der Waals surface area contributed by atoms with Crippen molar-refractivity contribution in [3.63, 3.8) is 0 Å². The van der Waals surface area contributed by atoms with E-state index in [9.17, 15) is 4.79 Å². The van der Waals surface area contributed by atoms with Gasteiger partial charge in [-0.05, 0) is 57.7 Å². The molecule has 0 fully saturated rings. The predicted molar refractivity (Wildman–Crippen MR) is 75.5 cm³/mol. The van der Waals surface area contributed by atoms with Gasteiger partial charge in [0.15, 0.2) is 0 Å². The fraction of sp³-hybridized carbons (Fsp3) is 0.583. The number of nitrogen functional groups attached to an aromatic ring is 1. The lowest BCUT2D eigenvalue weighted by Crippen LogP contribution is -2.31. The van der Waals surface area contributed by atoms with E-state index in [4.69, 9.17) is 5.84 Å². The molecule has 0 spiro atoms. The van der Waals surface area contributed by atoms with Crippen LogP contribution < -0.4 is 11.3 Å². The molecule has 102 valence electrons. The van der Waals surface area contributed by atoms with Crippen LogP contribution in [0.25, 0.3) is 0 Å². The van der Waals surface area contributed by atoms with Crippen LogP contribution >= 0.6 is 11.3 Å². The molecule has 1 amide bonds. The third-order valence-electron chi connectivity index (χ3n) is 2.67. The van der Waals surface area contributed by atoms with Gasteiger partial charge >= 0.3 is 0 Å². The number of rotatable bonds is 7. The van der Waals surface area contributed by atoms with E-state index in [0.29, 0.717) is 4.88 Å². The molecule has 5 nitrogen and oxygen atoms in total. The van der Waals surface area contributed by atoms with Crippen molar-refractivity contribution in [1.29, 1.82) is 0 Å². The highest BCUT2D eigenvalue weighted by Crippen LogP contribution is 2.18. The Labute approximate surface area is 113 Å². The van der Waals surface area contributed by atoms with Gasteiger partial charge in [-0.3, -0.25) is 10.2 Å². The average Bonchev–Trinajstić information content (AvgIpc) is 2.75. The zero-order valence-electron chi connectivity index (χ0n) is 11.3.